The van der Waals surface area contributed by atoms with Crippen LogP contribution in [0.1, 0.15) is 34.1 Å². The summed E-state index contributed by atoms with van der Waals surface area (Å²) in [5, 5.41) is 0. The molecule has 0 unspecified atom stereocenters. The summed E-state index contributed by atoms with van der Waals surface area (Å²) in [6.45, 7) is 11.6. The topological polar surface area (TPSA) is 36.9 Å². The Kier molecular flexibility index (Phi) is 7.04. The molecule has 2 saturated heterocycles. The quantitative estimate of drug-likeness (QED) is 0.712. The average molecular weight is 246 g/mol. The van der Waals surface area contributed by atoms with Gasteiger partial charge in [-0.3, -0.25) is 0 Å². The van der Waals surface area contributed by atoms with Crippen molar-refractivity contribution < 1.29 is 18.9 Å². The normalized spacial score (nSPS) is 38.1. The zero-order chi connectivity index (χ0) is 12.7. The average Bonchev–Trinajstić information content (AvgIpc) is 2.35. The minimum Gasteiger partial charge on any atom is -0.353 e. The van der Waals surface area contributed by atoms with E-state index < -0.39 is 0 Å². The van der Waals surface area contributed by atoms with Crippen LogP contribution in [0.5, 0.6) is 0 Å². The van der Waals surface area contributed by atoms with Gasteiger partial charge < -0.3 is 18.9 Å². The Labute approximate surface area is 105 Å². The molecule has 0 bridgehead atoms. The molecule has 0 amide bonds. The fraction of sp³-hybridized carbons (Fsp3) is 1.00. The number of hydrogen-bond acceptors (Lipinski definition) is 4. The second-order valence-electron chi connectivity index (χ2n) is 4.85. The highest BCUT2D eigenvalue weighted by Crippen LogP contribution is 2.12. The molecule has 0 aromatic carbocycles. The Bertz CT molecular complexity index is 172. The summed E-state index contributed by atoms with van der Waals surface area (Å²) >= 11 is 0. The first kappa shape index (κ1) is 14.9. The van der Waals surface area contributed by atoms with E-state index >= 15 is 0 Å². The summed E-state index contributed by atoms with van der Waals surface area (Å²) in [6.07, 6.45) is 1.20. The number of rotatable bonds is 1. The lowest BCUT2D eigenvalue weighted by Crippen LogP contribution is -2.29. The van der Waals surface area contributed by atoms with Crippen molar-refractivity contribution in [1.82, 2.24) is 0 Å². The highest BCUT2D eigenvalue weighted by Gasteiger charge is 2.16. The van der Waals surface area contributed by atoms with E-state index in [0.29, 0.717) is 11.8 Å². The minimum absolute atomic E-state index is 0.0196. The molecule has 17 heavy (non-hydrogen) atoms. The Morgan fingerprint density at radius 1 is 0.765 bits per heavy atom. The van der Waals surface area contributed by atoms with E-state index in [9.17, 15) is 0 Å². The van der Waals surface area contributed by atoms with E-state index in [4.69, 9.17) is 18.9 Å². The summed E-state index contributed by atoms with van der Waals surface area (Å²) in [6, 6.07) is 0. The Morgan fingerprint density at radius 3 is 1.53 bits per heavy atom. The van der Waals surface area contributed by atoms with Gasteiger partial charge in [-0.2, -0.15) is 0 Å². The molecule has 0 aromatic heterocycles. The molecular weight excluding hydrogens is 220 g/mol. The number of ether oxygens (including phenoxy) is 4. The predicted molar refractivity (Wildman–Crippen MR) is 65.7 cm³/mol. The van der Waals surface area contributed by atoms with Crippen LogP contribution in [0.4, 0.5) is 0 Å². The molecule has 2 fully saturated rings. The monoisotopic (exact) mass is 246 g/mol. The van der Waals surface area contributed by atoms with Crippen molar-refractivity contribution in [3.63, 3.8) is 0 Å². The molecule has 0 saturated carbocycles. The predicted octanol–water partition coefficient (Wildman–Crippen LogP) is 2.42. The van der Waals surface area contributed by atoms with Gasteiger partial charge in [-0.05, 0) is 20.3 Å². The van der Waals surface area contributed by atoms with Gasteiger partial charge in [0.25, 0.3) is 0 Å². The summed E-state index contributed by atoms with van der Waals surface area (Å²) in [5.41, 5.74) is 0. The van der Waals surface area contributed by atoms with Crippen LogP contribution in [0.25, 0.3) is 0 Å². The van der Waals surface area contributed by atoms with Gasteiger partial charge in [0, 0.05) is 11.8 Å². The van der Waals surface area contributed by atoms with Gasteiger partial charge in [0.05, 0.1) is 26.4 Å². The molecule has 0 aromatic rings. The van der Waals surface area contributed by atoms with E-state index in [1.165, 1.54) is 0 Å². The largest absolute Gasteiger partial charge is 0.353 e. The Balaban J connectivity index is 0.000000171. The third-order valence-electron chi connectivity index (χ3n) is 2.94. The fourth-order valence-corrected chi connectivity index (χ4v) is 1.57. The van der Waals surface area contributed by atoms with E-state index in [2.05, 4.69) is 13.8 Å². The van der Waals surface area contributed by atoms with Gasteiger partial charge in [0.1, 0.15) is 0 Å². The van der Waals surface area contributed by atoms with Gasteiger partial charge in [-0.25, -0.2) is 0 Å². The molecule has 4 heteroatoms. The lowest BCUT2D eigenvalue weighted by atomic mass is 10.1. The first-order chi connectivity index (χ1) is 8.11. The van der Waals surface area contributed by atoms with Gasteiger partial charge in [-0.1, -0.05) is 13.8 Å². The molecule has 0 aliphatic carbocycles. The number of hydrogen-bond donors (Lipinski definition) is 0. The molecular formula is C13H26O4. The van der Waals surface area contributed by atoms with Crippen LogP contribution < -0.4 is 0 Å². The molecule has 2 heterocycles. The zero-order valence-corrected chi connectivity index (χ0v) is 11.5. The van der Waals surface area contributed by atoms with Crippen molar-refractivity contribution in [3.8, 4) is 0 Å². The third-order valence-corrected chi connectivity index (χ3v) is 2.94. The Hall–Kier alpha value is -0.160. The van der Waals surface area contributed by atoms with Gasteiger partial charge in [-0.15, -0.1) is 0 Å². The molecule has 2 aliphatic rings. The smallest absolute Gasteiger partial charge is 0.154 e. The summed E-state index contributed by atoms with van der Waals surface area (Å²) < 4.78 is 20.9. The van der Waals surface area contributed by atoms with E-state index in [1.54, 1.807) is 0 Å². The first-order valence-electron chi connectivity index (χ1n) is 6.58. The van der Waals surface area contributed by atoms with Crippen molar-refractivity contribution in [2.24, 2.45) is 11.8 Å². The second-order valence-corrected chi connectivity index (χ2v) is 4.85. The molecule has 2 rings (SSSR count). The highest BCUT2D eigenvalue weighted by atomic mass is 16.7. The molecule has 4 nitrogen and oxygen atoms in total. The lowest BCUT2D eigenvalue weighted by molar-refractivity contribution is -0.190. The maximum Gasteiger partial charge on any atom is 0.154 e. The molecule has 102 valence electrons. The van der Waals surface area contributed by atoms with Crippen molar-refractivity contribution in [1.29, 1.82) is 0 Å². The standard InChI is InChI=1S/C7H14O2.C6H12O2/c1-3-7-4-8-6(2)9-5-7;1-5-3-7-6(2)8-4-5/h6-7H,3-5H2,1-2H3;5-6H,3-4H2,1-2H3. The van der Waals surface area contributed by atoms with Crippen LogP contribution in [0.3, 0.4) is 0 Å². The molecule has 0 N–H and O–H groups in total. The minimum atomic E-state index is 0.0196. The summed E-state index contributed by atoms with van der Waals surface area (Å²) in [7, 11) is 0. The molecule has 2 aliphatic heterocycles. The highest BCUT2D eigenvalue weighted by molar-refractivity contribution is 4.58. The van der Waals surface area contributed by atoms with E-state index in [-0.39, 0.29) is 12.6 Å². The maximum atomic E-state index is 5.26. The second kappa shape index (κ2) is 8.03. The van der Waals surface area contributed by atoms with Crippen LogP contribution >= 0.6 is 0 Å². The van der Waals surface area contributed by atoms with Gasteiger partial charge in [0.2, 0.25) is 0 Å². The van der Waals surface area contributed by atoms with Crippen molar-refractivity contribution in [2.75, 3.05) is 26.4 Å². The summed E-state index contributed by atoms with van der Waals surface area (Å²) in [5.74, 6) is 1.20. The molecule has 0 spiro atoms. The van der Waals surface area contributed by atoms with Crippen LogP contribution in [0, 0.1) is 11.8 Å². The van der Waals surface area contributed by atoms with Crippen molar-refractivity contribution in [3.05, 3.63) is 0 Å². The van der Waals surface area contributed by atoms with Crippen LogP contribution in [-0.2, 0) is 18.9 Å². The molecule has 0 radical (unpaired) electrons. The molecule has 0 atom stereocenters. The van der Waals surface area contributed by atoms with Crippen LogP contribution in [0.15, 0.2) is 0 Å². The van der Waals surface area contributed by atoms with E-state index in [1.807, 2.05) is 13.8 Å². The summed E-state index contributed by atoms with van der Waals surface area (Å²) in [4.78, 5) is 0. The third kappa shape index (κ3) is 6.36. The first-order valence-corrected chi connectivity index (χ1v) is 6.58. The van der Waals surface area contributed by atoms with Crippen molar-refractivity contribution in [2.45, 2.75) is 46.7 Å². The fourth-order valence-electron chi connectivity index (χ4n) is 1.57. The lowest BCUT2D eigenvalue weighted by Gasteiger charge is -2.26. The van der Waals surface area contributed by atoms with E-state index in [0.717, 1.165) is 32.8 Å². The Morgan fingerprint density at radius 2 is 1.18 bits per heavy atom. The zero-order valence-electron chi connectivity index (χ0n) is 11.5. The maximum absolute atomic E-state index is 5.26. The van der Waals surface area contributed by atoms with Crippen LogP contribution in [0.2, 0.25) is 0 Å². The van der Waals surface area contributed by atoms with Crippen molar-refractivity contribution >= 4 is 0 Å². The van der Waals surface area contributed by atoms with Gasteiger partial charge >= 0.3 is 0 Å². The SMILES string of the molecule is CC1COC(C)OC1.CCC1COC(C)OC1. The van der Waals surface area contributed by atoms with Crippen LogP contribution in [-0.4, -0.2) is 39.0 Å². The van der Waals surface area contributed by atoms with Gasteiger partial charge in [0.15, 0.2) is 12.6 Å².